The van der Waals surface area contributed by atoms with Crippen molar-refractivity contribution in [3.05, 3.63) is 126 Å². The molecule has 46 heavy (non-hydrogen) atoms. The van der Waals surface area contributed by atoms with Crippen LogP contribution in [0.1, 0.15) is 44.4 Å². The zero-order chi connectivity index (χ0) is 33.3. The molecule has 0 aromatic heterocycles. The van der Waals surface area contributed by atoms with Crippen LogP contribution in [0.25, 0.3) is 0 Å². The van der Waals surface area contributed by atoms with Crippen molar-refractivity contribution in [3.63, 3.8) is 0 Å². The summed E-state index contributed by atoms with van der Waals surface area (Å²) >= 11 is 0. The molecule has 0 saturated carbocycles. The van der Waals surface area contributed by atoms with Crippen molar-refractivity contribution in [3.8, 4) is 5.75 Å². The van der Waals surface area contributed by atoms with E-state index in [0.29, 0.717) is 12.4 Å². The van der Waals surface area contributed by atoms with Gasteiger partial charge in [-0.3, -0.25) is 13.9 Å². The Kier molecular flexibility index (Phi) is 11.2. The highest BCUT2D eigenvalue weighted by atomic mass is 32.2. The fourth-order valence-corrected chi connectivity index (χ4v) is 6.50. The number of aryl methyl sites for hydroxylation is 1. The number of nitrogens with zero attached hydrogens (tertiary/aromatic N) is 2. The van der Waals surface area contributed by atoms with Gasteiger partial charge in [0.05, 0.1) is 17.2 Å². The summed E-state index contributed by atoms with van der Waals surface area (Å²) in [4.78, 5) is 30.2. The molecule has 0 heterocycles. The third-order valence-corrected chi connectivity index (χ3v) is 9.06. The second-order valence-corrected chi connectivity index (χ2v) is 14.0. The predicted octanol–water partition coefficient (Wildman–Crippen LogP) is 6.14. The topological polar surface area (TPSA) is 96.0 Å². The smallest absolute Gasteiger partial charge is 0.264 e. The van der Waals surface area contributed by atoms with Gasteiger partial charge in [-0.15, -0.1) is 0 Å². The van der Waals surface area contributed by atoms with Gasteiger partial charge in [0.1, 0.15) is 18.3 Å². The monoisotopic (exact) mass is 641 g/mol. The van der Waals surface area contributed by atoms with Gasteiger partial charge < -0.3 is 15.0 Å². The number of benzene rings is 4. The molecular weight excluding hydrogens is 598 g/mol. The first-order valence-electron chi connectivity index (χ1n) is 15.4. The van der Waals surface area contributed by atoms with Crippen LogP contribution in [0.3, 0.4) is 0 Å². The van der Waals surface area contributed by atoms with E-state index in [1.807, 2.05) is 95.3 Å². The Hall–Kier alpha value is -4.63. The van der Waals surface area contributed by atoms with E-state index in [2.05, 4.69) is 5.32 Å². The lowest BCUT2D eigenvalue weighted by Gasteiger charge is -2.35. The zero-order valence-electron chi connectivity index (χ0n) is 27.1. The normalized spacial score (nSPS) is 12.2. The van der Waals surface area contributed by atoms with Crippen LogP contribution in [0, 0.1) is 6.92 Å². The Labute approximate surface area is 273 Å². The highest BCUT2D eigenvalue weighted by Gasteiger charge is 2.36. The van der Waals surface area contributed by atoms with E-state index in [9.17, 15) is 18.0 Å². The number of ether oxygens (including phenoxy) is 1. The Bertz CT molecular complexity index is 1700. The molecular formula is C37H43N3O5S. The number of rotatable bonds is 13. The van der Waals surface area contributed by atoms with Crippen molar-refractivity contribution >= 4 is 27.5 Å². The molecule has 1 atom stereocenters. The summed E-state index contributed by atoms with van der Waals surface area (Å²) in [6.45, 7) is 9.18. The Morgan fingerprint density at radius 3 is 1.96 bits per heavy atom. The van der Waals surface area contributed by atoms with Crippen LogP contribution in [0.5, 0.6) is 5.75 Å². The minimum absolute atomic E-state index is 0.0399. The Morgan fingerprint density at radius 1 is 0.804 bits per heavy atom. The van der Waals surface area contributed by atoms with Crippen LogP contribution in [-0.4, -0.2) is 49.9 Å². The lowest BCUT2D eigenvalue weighted by Crippen LogP contribution is -2.56. The molecule has 0 aliphatic carbocycles. The predicted molar refractivity (Wildman–Crippen MR) is 182 cm³/mol. The molecule has 8 nitrogen and oxygen atoms in total. The summed E-state index contributed by atoms with van der Waals surface area (Å²) in [5.41, 5.74) is 2.24. The van der Waals surface area contributed by atoms with E-state index >= 15 is 0 Å². The van der Waals surface area contributed by atoms with Crippen LogP contribution in [0.4, 0.5) is 5.69 Å². The van der Waals surface area contributed by atoms with Gasteiger partial charge in [-0.25, -0.2) is 8.42 Å². The second kappa shape index (κ2) is 15.1. The number of anilines is 1. The van der Waals surface area contributed by atoms with E-state index in [0.717, 1.165) is 21.0 Å². The summed E-state index contributed by atoms with van der Waals surface area (Å²) < 4.78 is 35.6. The molecule has 0 fully saturated rings. The van der Waals surface area contributed by atoms with E-state index in [-0.39, 0.29) is 29.5 Å². The molecule has 4 aromatic rings. The maximum atomic E-state index is 14.6. The molecule has 9 heteroatoms. The van der Waals surface area contributed by atoms with Crippen LogP contribution >= 0.6 is 0 Å². The minimum Gasteiger partial charge on any atom is -0.492 e. The van der Waals surface area contributed by atoms with Crippen molar-refractivity contribution in [1.82, 2.24) is 10.2 Å². The van der Waals surface area contributed by atoms with Gasteiger partial charge in [-0.2, -0.15) is 0 Å². The van der Waals surface area contributed by atoms with Gasteiger partial charge >= 0.3 is 0 Å². The van der Waals surface area contributed by atoms with E-state index in [4.69, 9.17) is 4.74 Å². The van der Waals surface area contributed by atoms with Gasteiger partial charge in [0.25, 0.3) is 10.0 Å². The lowest BCUT2D eigenvalue weighted by atomic mass is 10.0. The fourth-order valence-electron chi connectivity index (χ4n) is 5.08. The molecule has 4 aromatic carbocycles. The van der Waals surface area contributed by atoms with Crippen LogP contribution in [0.15, 0.2) is 114 Å². The summed E-state index contributed by atoms with van der Waals surface area (Å²) in [7, 11) is -4.24. The van der Waals surface area contributed by atoms with Gasteiger partial charge in [0.2, 0.25) is 11.8 Å². The van der Waals surface area contributed by atoms with Gasteiger partial charge in [-0.05, 0) is 70.0 Å². The fraction of sp³-hybridized carbons (Fsp3) is 0.297. The molecule has 242 valence electrons. The molecule has 0 bridgehead atoms. The summed E-state index contributed by atoms with van der Waals surface area (Å²) in [5, 5.41) is 3.05. The average Bonchev–Trinajstić information content (AvgIpc) is 3.02. The van der Waals surface area contributed by atoms with E-state index in [1.54, 1.807) is 36.4 Å². The van der Waals surface area contributed by atoms with Crippen LogP contribution in [-0.2, 0) is 32.6 Å². The van der Waals surface area contributed by atoms with Gasteiger partial charge in [0, 0.05) is 18.5 Å². The highest BCUT2D eigenvalue weighted by molar-refractivity contribution is 7.92. The maximum Gasteiger partial charge on any atom is 0.264 e. The SMILES string of the molecule is CCOc1ccccc1N(CC(=O)N(Cc1ccccc1)C(Cc1ccccc1)C(=O)NC(C)(C)C)S(=O)(=O)c1ccc(C)cc1. The molecule has 4 rings (SSSR count). The molecule has 0 spiro atoms. The molecule has 0 aliphatic rings. The standard InChI is InChI=1S/C37H43N3O5S/c1-6-45-34-20-14-13-19-32(34)40(46(43,44)31-23-21-28(2)22-24-31)27-35(41)39(26-30-17-11-8-12-18-30)33(36(42)38-37(3,4)5)25-29-15-9-7-10-16-29/h7-24,33H,6,25-27H2,1-5H3,(H,38,42). The first kappa shape index (κ1) is 34.2. The lowest BCUT2D eigenvalue weighted by molar-refractivity contribution is -0.140. The Morgan fingerprint density at radius 2 is 1.37 bits per heavy atom. The number of hydrogen-bond acceptors (Lipinski definition) is 5. The van der Waals surface area contributed by atoms with Crippen molar-refractivity contribution in [2.75, 3.05) is 17.5 Å². The molecule has 1 N–H and O–H groups in total. The molecule has 0 saturated heterocycles. The minimum atomic E-state index is -4.24. The van der Waals surface area contributed by atoms with Crippen molar-refractivity contribution in [2.45, 2.75) is 64.1 Å². The first-order valence-corrected chi connectivity index (χ1v) is 16.8. The van der Waals surface area contributed by atoms with E-state index in [1.165, 1.54) is 17.0 Å². The quantitative estimate of drug-likeness (QED) is 0.189. The Balaban J connectivity index is 1.84. The van der Waals surface area contributed by atoms with Gasteiger partial charge in [-0.1, -0.05) is 90.5 Å². The molecule has 0 aliphatic heterocycles. The number of amides is 2. The van der Waals surface area contributed by atoms with Gasteiger partial charge in [0.15, 0.2) is 0 Å². The summed E-state index contributed by atoms with van der Waals surface area (Å²) in [6, 6.07) is 31.2. The number of sulfonamides is 1. The maximum absolute atomic E-state index is 14.6. The number of hydrogen-bond donors (Lipinski definition) is 1. The van der Waals surface area contributed by atoms with Crippen molar-refractivity contribution in [1.29, 1.82) is 0 Å². The van der Waals surface area contributed by atoms with Crippen molar-refractivity contribution in [2.24, 2.45) is 0 Å². The largest absolute Gasteiger partial charge is 0.492 e. The first-order chi connectivity index (χ1) is 21.9. The molecule has 1 unspecified atom stereocenters. The number of carbonyl (C=O) groups is 2. The third kappa shape index (κ3) is 8.97. The molecule has 0 radical (unpaired) electrons. The summed E-state index contributed by atoms with van der Waals surface area (Å²) in [6.07, 6.45) is 0.238. The third-order valence-electron chi connectivity index (χ3n) is 7.29. The van der Waals surface area contributed by atoms with Crippen LogP contribution in [0.2, 0.25) is 0 Å². The average molecular weight is 642 g/mol. The number of nitrogens with one attached hydrogen (secondary N) is 1. The van der Waals surface area contributed by atoms with Crippen molar-refractivity contribution < 1.29 is 22.7 Å². The number of carbonyl (C=O) groups excluding carboxylic acids is 2. The molecule has 2 amide bonds. The van der Waals surface area contributed by atoms with E-state index < -0.39 is 34.1 Å². The zero-order valence-corrected chi connectivity index (χ0v) is 28.0. The number of para-hydroxylation sites is 2. The summed E-state index contributed by atoms with van der Waals surface area (Å²) in [5.74, 6) is -0.534. The second-order valence-electron chi connectivity index (χ2n) is 12.2. The van der Waals surface area contributed by atoms with Crippen LogP contribution < -0.4 is 14.4 Å². The highest BCUT2D eigenvalue weighted by Crippen LogP contribution is 2.33.